The zero-order chi connectivity index (χ0) is 11.5. The zero-order valence-electron chi connectivity index (χ0n) is 8.64. The van der Waals surface area contributed by atoms with Gasteiger partial charge in [-0.2, -0.15) is 0 Å². The topological polar surface area (TPSA) is 61.0 Å². The first-order valence-electron chi connectivity index (χ1n) is 4.65. The fraction of sp³-hybridized carbons (Fsp3) is 0.0909. The molecule has 0 spiro atoms. The molecule has 2 heterocycles. The molecule has 0 aliphatic rings. The second-order valence-corrected chi connectivity index (χ2v) is 4.24. The average Bonchev–Trinajstić information content (AvgIpc) is 2.24. The van der Waals surface area contributed by atoms with Crippen LogP contribution in [0.15, 0.2) is 35.2 Å². The summed E-state index contributed by atoms with van der Waals surface area (Å²) in [4.78, 5) is 8.11. The van der Waals surface area contributed by atoms with Gasteiger partial charge in [-0.05, 0) is 34.5 Å². The zero-order valence-corrected chi connectivity index (χ0v) is 10.2. The minimum atomic E-state index is 0.461. The van der Waals surface area contributed by atoms with Crippen LogP contribution in [0.25, 0.3) is 0 Å². The number of aryl methyl sites for hydroxylation is 1. The third kappa shape index (κ3) is 2.49. The summed E-state index contributed by atoms with van der Waals surface area (Å²) in [6, 6.07) is 3.50. The number of rotatable bonds is 2. The molecule has 0 amide bonds. The molecule has 0 atom stereocenters. The van der Waals surface area contributed by atoms with Crippen LogP contribution in [0.2, 0.25) is 0 Å². The average molecular weight is 280 g/mol. The highest BCUT2D eigenvalue weighted by Crippen LogP contribution is 2.23. The molecule has 82 valence electrons. The number of anilines is 1. The van der Waals surface area contributed by atoms with Gasteiger partial charge in [0.25, 0.3) is 0 Å². The number of aromatic nitrogens is 2. The summed E-state index contributed by atoms with van der Waals surface area (Å²) in [5.41, 5.74) is 7.35. The Bertz CT molecular complexity index is 516. The Morgan fingerprint density at radius 2 is 2.06 bits per heavy atom. The molecule has 2 aromatic rings. The van der Waals surface area contributed by atoms with E-state index in [1.54, 1.807) is 24.7 Å². The molecule has 16 heavy (non-hydrogen) atoms. The number of nitrogen functional groups attached to an aromatic ring is 1. The van der Waals surface area contributed by atoms with Crippen LogP contribution in [0.3, 0.4) is 0 Å². The quantitative estimate of drug-likeness (QED) is 0.918. The second-order valence-electron chi connectivity index (χ2n) is 3.32. The van der Waals surface area contributed by atoms with Crippen LogP contribution < -0.4 is 10.5 Å². The maximum absolute atomic E-state index is 5.76. The van der Waals surface area contributed by atoms with Crippen molar-refractivity contribution < 1.29 is 4.74 Å². The molecular formula is C11H10BrN3O. The molecule has 0 unspecified atom stereocenters. The lowest BCUT2D eigenvalue weighted by atomic mass is 10.3. The predicted molar refractivity (Wildman–Crippen MR) is 65.4 cm³/mol. The van der Waals surface area contributed by atoms with Crippen molar-refractivity contribution in [1.29, 1.82) is 0 Å². The highest BCUT2D eigenvalue weighted by molar-refractivity contribution is 9.10. The van der Waals surface area contributed by atoms with Gasteiger partial charge in [-0.15, -0.1) is 0 Å². The summed E-state index contributed by atoms with van der Waals surface area (Å²) in [5, 5.41) is 0. The second kappa shape index (κ2) is 4.49. The van der Waals surface area contributed by atoms with E-state index < -0.39 is 0 Å². The lowest BCUT2D eigenvalue weighted by Gasteiger charge is -2.06. The van der Waals surface area contributed by atoms with Crippen molar-refractivity contribution in [2.45, 2.75) is 6.92 Å². The molecule has 0 saturated heterocycles. The smallest absolute Gasteiger partial charge is 0.221 e. The number of pyridine rings is 2. The van der Waals surface area contributed by atoms with Crippen molar-refractivity contribution >= 4 is 21.6 Å². The molecule has 0 fully saturated rings. The monoisotopic (exact) mass is 279 g/mol. The third-order valence-electron chi connectivity index (χ3n) is 2.02. The first-order chi connectivity index (χ1) is 7.65. The van der Waals surface area contributed by atoms with Crippen molar-refractivity contribution in [1.82, 2.24) is 9.97 Å². The summed E-state index contributed by atoms with van der Waals surface area (Å²) in [5.74, 6) is 1.08. The van der Waals surface area contributed by atoms with E-state index in [1.165, 1.54) is 0 Å². The summed E-state index contributed by atoms with van der Waals surface area (Å²) < 4.78 is 6.36. The summed E-state index contributed by atoms with van der Waals surface area (Å²) in [7, 11) is 0. The van der Waals surface area contributed by atoms with Crippen LogP contribution >= 0.6 is 15.9 Å². The predicted octanol–water partition coefficient (Wildman–Crippen LogP) is 2.92. The first kappa shape index (κ1) is 10.9. The van der Waals surface area contributed by atoms with Gasteiger partial charge in [0.05, 0.1) is 6.20 Å². The number of nitrogens with zero attached hydrogens (tertiary/aromatic N) is 2. The number of hydrogen-bond acceptors (Lipinski definition) is 4. The number of ether oxygens (including phenoxy) is 1. The SMILES string of the molecule is Cc1cnc(Oc2cncc(Br)c2)cc1N. The van der Waals surface area contributed by atoms with Gasteiger partial charge in [-0.3, -0.25) is 4.98 Å². The van der Waals surface area contributed by atoms with E-state index in [2.05, 4.69) is 25.9 Å². The Labute approximate surface area is 102 Å². The van der Waals surface area contributed by atoms with E-state index >= 15 is 0 Å². The Morgan fingerprint density at radius 1 is 1.25 bits per heavy atom. The lowest BCUT2D eigenvalue weighted by molar-refractivity contribution is 0.460. The molecule has 2 aromatic heterocycles. The standard InChI is InChI=1S/C11H10BrN3O/c1-7-4-15-11(3-10(7)13)16-9-2-8(12)5-14-6-9/h2-6H,1H3,(H2,13,15). The molecule has 0 aliphatic carbocycles. The van der Waals surface area contributed by atoms with Gasteiger partial charge in [0.15, 0.2) is 0 Å². The molecule has 0 bridgehead atoms. The van der Waals surface area contributed by atoms with E-state index in [-0.39, 0.29) is 0 Å². The Balaban J connectivity index is 2.24. The van der Waals surface area contributed by atoms with Crippen LogP contribution in [-0.4, -0.2) is 9.97 Å². The highest BCUT2D eigenvalue weighted by Gasteiger charge is 2.02. The van der Waals surface area contributed by atoms with Gasteiger partial charge in [0.2, 0.25) is 5.88 Å². The normalized spacial score (nSPS) is 10.1. The Morgan fingerprint density at radius 3 is 2.75 bits per heavy atom. The number of hydrogen-bond donors (Lipinski definition) is 1. The molecular weight excluding hydrogens is 270 g/mol. The van der Waals surface area contributed by atoms with E-state index in [0.29, 0.717) is 17.3 Å². The van der Waals surface area contributed by atoms with Gasteiger partial charge in [0.1, 0.15) is 5.75 Å². The summed E-state index contributed by atoms with van der Waals surface area (Å²) >= 11 is 3.31. The van der Waals surface area contributed by atoms with Gasteiger partial charge in [-0.25, -0.2) is 4.98 Å². The molecule has 0 aromatic carbocycles. The van der Waals surface area contributed by atoms with Gasteiger partial charge < -0.3 is 10.5 Å². The largest absolute Gasteiger partial charge is 0.437 e. The van der Waals surface area contributed by atoms with E-state index in [1.807, 2.05) is 13.0 Å². The summed E-state index contributed by atoms with van der Waals surface area (Å²) in [6.07, 6.45) is 4.97. The number of halogens is 1. The van der Waals surface area contributed by atoms with Crippen molar-refractivity contribution in [3.63, 3.8) is 0 Å². The first-order valence-corrected chi connectivity index (χ1v) is 5.45. The van der Waals surface area contributed by atoms with Crippen LogP contribution in [-0.2, 0) is 0 Å². The lowest BCUT2D eigenvalue weighted by Crippen LogP contribution is -1.94. The van der Waals surface area contributed by atoms with Gasteiger partial charge in [0, 0.05) is 28.6 Å². The molecule has 2 rings (SSSR count). The van der Waals surface area contributed by atoms with Crippen molar-refractivity contribution in [3.05, 3.63) is 40.8 Å². The maximum atomic E-state index is 5.76. The van der Waals surface area contributed by atoms with Crippen LogP contribution in [0.1, 0.15) is 5.56 Å². The minimum absolute atomic E-state index is 0.461. The molecule has 4 nitrogen and oxygen atoms in total. The Kier molecular flexibility index (Phi) is 3.05. The van der Waals surface area contributed by atoms with Crippen molar-refractivity contribution in [3.8, 4) is 11.6 Å². The van der Waals surface area contributed by atoms with Gasteiger partial charge >= 0.3 is 0 Å². The molecule has 5 heteroatoms. The van der Waals surface area contributed by atoms with Crippen molar-refractivity contribution in [2.24, 2.45) is 0 Å². The van der Waals surface area contributed by atoms with Gasteiger partial charge in [-0.1, -0.05) is 0 Å². The third-order valence-corrected chi connectivity index (χ3v) is 2.46. The molecule has 2 N–H and O–H groups in total. The van der Waals surface area contributed by atoms with Crippen LogP contribution in [0.4, 0.5) is 5.69 Å². The van der Waals surface area contributed by atoms with Crippen LogP contribution in [0.5, 0.6) is 11.6 Å². The molecule has 0 aliphatic heterocycles. The Hall–Kier alpha value is -1.62. The molecule has 0 saturated carbocycles. The maximum Gasteiger partial charge on any atom is 0.221 e. The van der Waals surface area contributed by atoms with Crippen LogP contribution in [0, 0.1) is 6.92 Å². The van der Waals surface area contributed by atoms with E-state index in [9.17, 15) is 0 Å². The number of nitrogens with two attached hydrogens (primary N) is 1. The van der Waals surface area contributed by atoms with Crippen molar-refractivity contribution in [2.75, 3.05) is 5.73 Å². The molecule has 0 radical (unpaired) electrons. The highest BCUT2D eigenvalue weighted by atomic mass is 79.9. The summed E-state index contributed by atoms with van der Waals surface area (Å²) in [6.45, 7) is 1.90. The minimum Gasteiger partial charge on any atom is -0.437 e. The van der Waals surface area contributed by atoms with E-state index in [4.69, 9.17) is 10.5 Å². The fourth-order valence-electron chi connectivity index (χ4n) is 1.14. The fourth-order valence-corrected chi connectivity index (χ4v) is 1.49. The van der Waals surface area contributed by atoms with E-state index in [0.717, 1.165) is 10.0 Å².